The van der Waals surface area contributed by atoms with E-state index in [1.165, 1.54) is 4.90 Å². The summed E-state index contributed by atoms with van der Waals surface area (Å²) < 4.78 is 6.30. The summed E-state index contributed by atoms with van der Waals surface area (Å²) in [5.41, 5.74) is 4.66. The molecule has 2 atom stereocenters. The molecule has 0 saturated carbocycles. The summed E-state index contributed by atoms with van der Waals surface area (Å²) >= 11 is 0. The minimum atomic E-state index is -0.706. The van der Waals surface area contributed by atoms with Gasteiger partial charge in [0.25, 0.3) is 0 Å². The van der Waals surface area contributed by atoms with E-state index in [1.54, 1.807) is 9.80 Å². The van der Waals surface area contributed by atoms with Gasteiger partial charge in [-0.2, -0.15) is 0 Å². The Bertz CT molecular complexity index is 1880. The van der Waals surface area contributed by atoms with Crippen molar-refractivity contribution in [2.45, 2.75) is 189 Å². The molecule has 3 N–H and O–H groups in total. The molecule has 2 fully saturated rings. The molecule has 3 aromatic carbocycles. The van der Waals surface area contributed by atoms with Gasteiger partial charge in [0.05, 0.1) is 19.6 Å². The number of epoxide rings is 1. The fourth-order valence-electron chi connectivity index (χ4n) is 7.98. The number of amides is 4. The van der Waals surface area contributed by atoms with Crippen LogP contribution < -0.4 is 0 Å². The summed E-state index contributed by atoms with van der Waals surface area (Å²) in [4.78, 5) is 34.7. The maximum Gasteiger partial charge on any atom is 0.330 e. The lowest BCUT2D eigenvalue weighted by atomic mass is 9.78. The van der Waals surface area contributed by atoms with Gasteiger partial charge >= 0.3 is 12.1 Å². The highest BCUT2D eigenvalue weighted by Crippen LogP contribution is 2.45. The predicted molar refractivity (Wildman–Crippen MR) is 233 cm³/mol. The second kappa shape index (κ2) is 14.5. The number of urea groups is 2. The van der Waals surface area contributed by atoms with Gasteiger partial charge in [0, 0.05) is 0 Å². The Kier molecular flexibility index (Phi) is 11.2. The van der Waals surface area contributed by atoms with Crippen molar-refractivity contribution in [3.63, 3.8) is 0 Å². The van der Waals surface area contributed by atoms with Crippen molar-refractivity contribution in [1.82, 2.24) is 14.7 Å². The molecule has 2 aliphatic heterocycles. The molecule has 0 radical (unpaired) electrons. The van der Waals surface area contributed by atoms with Crippen LogP contribution in [0.4, 0.5) is 9.59 Å². The monoisotopic (exact) mass is 798 g/mol. The molecule has 2 heterocycles. The Morgan fingerprint density at radius 2 is 0.621 bits per heavy atom. The molecule has 0 aliphatic carbocycles. The quantitative estimate of drug-likeness (QED) is 0.214. The van der Waals surface area contributed by atoms with Gasteiger partial charge in [-0.1, -0.05) is 125 Å². The molecule has 0 bridgehead atoms. The molecule has 5 rings (SSSR count). The van der Waals surface area contributed by atoms with Gasteiger partial charge in [-0.3, -0.25) is 9.80 Å². The average Bonchev–Trinajstić information content (AvgIpc) is 3.83. The number of phenolic OH excluding ortho intramolecular Hbond substituents is 3. The summed E-state index contributed by atoms with van der Waals surface area (Å²) in [7, 11) is 0. The number of rotatable bonds is 6. The lowest BCUT2D eigenvalue weighted by Crippen LogP contribution is -2.48. The molecule has 2 unspecified atom stereocenters. The third kappa shape index (κ3) is 9.00. The molecule has 4 amide bonds. The van der Waals surface area contributed by atoms with E-state index < -0.39 is 35.3 Å². The van der Waals surface area contributed by atoms with Gasteiger partial charge in [-0.05, 0) is 119 Å². The smallest absolute Gasteiger partial charge is 0.330 e. The van der Waals surface area contributed by atoms with Crippen LogP contribution in [0.25, 0.3) is 0 Å². The number of phenols is 3. The lowest BCUT2D eigenvalue weighted by molar-refractivity contribution is 0.100. The first-order valence-electron chi connectivity index (χ1n) is 20.8. The number of benzene rings is 3. The molecule has 3 aromatic rings. The van der Waals surface area contributed by atoms with E-state index in [0.29, 0.717) is 0 Å². The first-order valence-corrected chi connectivity index (χ1v) is 20.8. The van der Waals surface area contributed by atoms with Gasteiger partial charge in [0.1, 0.15) is 17.2 Å². The number of carbonyl (C=O) groups is 2. The molecule has 2 saturated heterocycles. The molecule has 9 heteroatoms. The van der Waals surface area contributed by atoms with Gasteiger partial charge in [0.2, 0.25) is 0 Å². The van der Waals surface area contributed by atoms with Crippen LogP contribution in [0.15, 0.2) is 36.4 Å². The molecule has 0 spiro atoms. The van der Waals surface area contributed by atoms with Crippen LogP contribution in [0.5, 0.6) is 17.2 Å². The number of carbonyl (C=O) groups excluding carboxylic acids is 2. The molecule has 9 nitrogen and oxygen atoms in total. The van der Waals surface area contributed by atoms with E-state index in [-0.39, 0.29) is 58.5 Å². The van der Waals surface area contributed by atoms with Gasteiger partial charge in [0.15, 0.2) is 12.5 Å². The fourth-order valence-corrected chi connectivity index (χ4v) is 7.98. The van der Waals surface area contributed by atoms with Crippen LogP contribution in [-0.4, -0.2) is 54.5 Å². The zero-order valence-corrected chi connectivity index (χ0v) is 38.6. The maximum absolute atomic E-state index is 15.1. The highest BCUT2D eigenvalue weighted by atomic mass is 16.6. The molecular formula is C49H71N3O6. The Balaban J connectivity index is 1.68. The number of imide groups is 1. The van der Waals surface area contributed by atoms with Crippen LogP contribution >= 0.6 is 0 Å². The number of ether oxygens (including phenoxy) is 1. The summed E-state index contributed by atoms with van der Waals surface area (Å²) in [6.45, 7) is 37.2. The van der Waals surface area contributed by atoms with Crippen molar-refractivity contribution in [2.24, 2.45) is 0 Å². The number of fused-ring (bicyclic) bond motifs is 1. The second-order valence-electron chi connectivity index (χ2n) is 22.9. The topological polar surface area (TPSA) is 117 Å². The standard InChI is InChI=1S/C49H71N3O6/c1-44(2,3)31-19-28(20-32(37(31)53)45(4,5)6)25-50-40-41(58-40)51(26-29-21-33(46(7,8)9)38(54)34(22-29)47(10,11)12)43(57)52(42(50)56)27-30-23-35(48(13,14)15)39(55)36(24-30)49(16,17)18/h19-24,40-41,53-55H,25-27H2,1-18H3. The summed E-state index contributed by atoms with van der Waals surface area (Å²) in [5.74, 6) is 0.733. The van der Waals surface area contributed by atoms with Gasteiger partial charge in [-0.15, -0.1) is 0 Å². The third-order valence-corrected chi connectivity index (χ3v) is 11.4. The zero-order valence-electron chi connectivity index (χ0n) is 38.6. The lowest BCUT2D eigenvalue weighted by Gasteiger charge is -2.32. The van der Waals surface area contributed by atoms with Crippen molar-refractivity contribution in [1.29, 1.82) is 0 Å². The number of aromatic hydroxyl groups is 3. The number of nitrogens with zero attached hydrogens (tertiary/aromatic N) is 3. The van der Waals surface area contributed by atoms with Gasteiger partial charge in [-0.25, -0.2) is 14.5 Å². The second-order valence-corrected chi connectivity index (χ2v) is 22.9. The molecular weight excluding hydrogens is 727 g/mol. The summed E-state index contributed by atoms with van der Waals surface area (Å²) in [5, 5.41) is 34.5. The van der Waals surface area contributed by atoms with E-state index in [1.807, 2.05) is 77.9 Å². The molecule has 0 aromatic heterocycles. The molecule has 2 aliphatic rings. The first kappa shape index (κ1) is 44.9. The Morgan fingerprint density at radius 1 is 0.414 bits per heavy atom. The van der Waals surface area contributed by atoms with Crippen LogP contribution in [0.1, 0.15) is 175 Å². The normalized spacial score (nSPS) is 18.5. The first-order chi connectivity index (χ1) is 26.1. The van der Waals surface area contributed by atoms with Crippen molar-refractivity contribution in [2.75, 3.05) is 0 Å². The number of hydrogen-bond donors (Lipinski definition) is 3. The molecule has 318 valence electrons. The van der Waals surface area contributed by atoms with Crippen molar-refractivity contribution >= 4 is 12.1 Å². The van der Waals surface area contributed by atoms with E-state index in [2.05, 4.69) is 83.1 Å². The predicted octanol–water partition coefficient (Wildman–Crippen LogP) is 11.3. The highest BCUT2D eigenvalue weighted by Gasteiger charge is 2.57. The Morgan fingerprint density at radius 3 is 0.828 bits per heavy atom. The Hall–Kier alpha value is -4.24. The highest BCUT2D eigenvalue weighted by molar-refractivity contribution is 5.95. The maximum atomic E-state index is 15.1. The minimum Gasteiger partial charge on any atom is -0.507 e. The molecule has 58 heavy (non-hydrogen) atoms. The van der Waals surface area contributed by atoms with Crippen molar-refractivity contribution < 1.29 is 29.6 Å². The summed E-state index contributed by atoms with van der Waals surface area (Å²) in [6, 6.07) is 10.7. The number of hydrogen-bond acceptors (Lipinski definition) is 6. The average molecular weight is 798 g/mol. The van der Waals surface area contributed by atoms with Crippen LogP contribution in [0.2, 0.25) is 0 Å². The van der Waals surface area contributed by atoms with E-state index >= 15 is 9.59 Å². The van der Waals surface area contributed by atoms with Gasteiger partial charge < -0.3 is 20.1 Å². The van der Waals surface area contributed by atoms with Crippen LogP contribution in [-0.2, 0) is 56.9 Å². The van der Waals surface area contributed by atoms with E-state index in [9.17, 15) is 15.3 Å². The zero-order chi connectivity index (χ0) is 44.0. The van der Waals surface area contributed by atoms with Crippen molar-refractivity contribution in [3.8, 4) is 17.2 Å². The summed E-state index contributed by atoms with van der Waals surface area (Å²) in [6.07, 6.45) is -1.41. The fraction of sp³-hybridized carbons (Fsp3) is 0.592. The SMILES string of the molecule is CC(C)(C)c1cc(CN2C(=O)N(Cc3cc(C(C)(C)C)c(O)c(C(C)(C)C)c3)C3OC3N(Cc3cc(C(C)(C)C)c(O)c(C(C)(C)C)c3)C2=O)cc(C(C)(C)C)c1O. The third-order valence-electron chi connectivity index (χ3n) is 11.4. The minimum absolute atomic E-state index is 0.0251. The largest absolute Gasteiger partial charge is 0.507 e. The van der Waals surface area contributed by atoms with E-state index in [4.69, 9.17) is 4.74 Å². The van der Waals surface area contributed by atoms with Crippen LogP contribution in [0, 0.1) is 0 Å². The van der Waals surface area contributed by atoms with E-state index in [0.717, 1.165) is 50.1 Å². The Labute approximate surface area is 348 Å². The van der Waals surface area contributed by atoms with Crippen LogP contribution in [0.3, 0.4) is 0 Å². The van der Waals surface area contributed by atoms with Crippen molar-refractivity contribution in [3.05, 3.63) is 86.5 Å².